The number of H-pyrrole nitrogens is 1. The van der Waals surface area contributed by atoms with Crippen LogP contribution in [0.5, 0.6) is 0 Å². The standard InChI is InChI=1S/C20H20N2O3/c1-11-15-9-22-7-6-13-12-4-2-3-5-17(12)21-19(13)18(22)8-14(15)16(10-25-11)20(23)24/h2-6,10-11,14-15,21H,7-9H2,1H3,(H,23,24)/t11-,14-,15+/m0/s1. The molecule has 0 spiro atoms. The maximum absolute atomic E-state index is 11.6. The molecule has 5 rings (SSSR count). The lowest BCUT2D eigenvalue weighted by Gasteiger charge is -2.43. The Morgan fingerprint density at radius 2 is 2.20 bits per heavy atom. The largest absolute Gasteiger partial charge is 0.545 e. The highest BCUT2D eigenvalue weighted by Gasteiger charge is 2.44. The number of carbonyl (C=O) groups excluding carboxylic acids is 1. The molecule has 1 aromatic carbocycles. The summed E-state index contributed by atoms with van der Waals surface area (Å²) < 4.78 is 5.59. The Bertz CT molecular complexity index is 1030. The second kappa shape index (κ2) is 5.23. The van der Waals surface area contributed by atoms with Crippen molar-refractivity contribution >= 4 is 28.6 Å². The molecule has 1 fully saturated rings. The number of carboxylic acid groups (broad SMARTS) is 1. The van der Waals surface area contributed by atoms with Crippen molar-refractivity contribution in [2.24, 2.45) is 11.8 Å². The number of rotatable bonds is 1. The lowest BCUT2D eigenvalue weighted by atomic mass is 9.75. The Balaban J connectivity index is 1.69. The molecular formula is C20H20N2O3. The number of carboxylic acids is 1. The summed E-state index contributed by atoms with van der Waals surface area (Å²) in [7, 11) is 0. The van der Waals surface area contributed by atoms with Crippen molar-refractivity contribution in [3.63, 3.8) is 0 Å². The number of aromatic nitrogens is 1. The van der Waals surface area contributed by atoms with Gasteiger partial charge in [0.1, 0.15) is 23.7 Å². The van der Waals surface area contributed by atoms with Crippen molar-refractivity contribution in [1.82, 2.24) is 4.98 Å². The number of aliphatic carboxylic acids is 1. The summed E-state index contributed by atoms with van der Waals surface area (Å²) in [6, 6.07) is 8.33. The number of carbonyl (C=O) groups is 1. The molecule has 1 unspecified atom stereocenters. The fourth-order valence-corrected chi connectivity index (χ4v) is 4.79. The third kappa shape index (κ3) is 2.09. The summed E-state index contributed by atoms with van der Waals surface area (Å²) in [4.78, 5) is 16.5. The van der Waals surface area contributed by atoms with E-state index < -0.39 is 5.97 Å². The maximum Gasteiger partial charge on any atom is 0.132 e. The Morgan fingerprint density at radius 3 is 3.04 bits per heavy atom. The highest BCUT2D eigenvalue weighted by molar-refractivity contribution is 5.86. The van der Waals surface area contributed by atoms with Crippen LogP contribution < -0.4 is 20.6 Å². The monoisotopic (exact) mass is 336 g/mol. The van der Waals surface area contributed by atoms with Gasteiger partial charge >= 0.3 is 0 Å². The molecule has 1 saturated heterocycles. The fourth-order valence-electron chi connectivity index (χ4n) is 4.79. The summed E-state index contributed by atoms with van der Waals surface area (Å²) in [5.41, 5.74) is 2.73. The molecule has 4 atom stereocenters. The molecule has 0 bridgehead atoms. The average molecular weight is 336 g/mol. The smallest absolute Gasteiger partial charge is 0.132 e. The molecule has 2 N–H and O–H groups in total. The van der Waals surface area contributed by atoms with E-state index in [2.05, 4.69) is 29.3 Å². The summed E-state index contributed by atoms with van der Waals surface area (Å²) >= 11 is 0. The average Bonchev–Trinajstić information content (AvgIpc) is 3.00. The third-order valence-electron chi connectivity index (χ3n) is 6.10. The molecule has 3 aliphatic heterocycles. The number of ether oxygens (including phenoxy) is 1. The number of aromatic amines is 1. The molecule has 3 aliphatic rings. The zero-order valence-electron chi connectivity index (χ0n) is 14.0. The van der Waals surface area contributed by atoms with Crippen LogP contribution in [0.3, 0.4) is 0 Å². The quantitative estimate of drug-likeness (QED) is 0.676. The van der Waals surface area contributed by atoms with Gasteiger partial charge in [-0.05, 0) is 19.1 Å². The van der Waals surface area contributed by atoms with Crippen LogP contribution in [0.4, 0.5) is 0 Å². The van der Waals surface area contributed by atoms with Gasteiger partial charge in [0.15, 0.2) is 0 Å². The normalized spacial score (nSPS) is 30.4. The van der Waals surface area contributed by atoms with E-state index >= 15 is 0 Å². The molecule has 128 valence electrons. The summed E-state index contributed by atoms with van der Waals surface area (Å²) in [6.07, 6.45) is 4.48. The molecule has 0 radical (unpaired) electrons. The number of para-hydroxylation sites is 1. The molecule has 0 amide bonds. The summed E-state index contributed by atoms with van der Waals surface area (Å²) in [5.74, 6) is -0.939. The Hall–Kier alpha value is -2.53. The van der Waals surface area contributed by atoms with E-state index in [4.69, 9.17) is 4.74 Å². The van der Waals surface area contributed by atoms with Crippen LogP contribution in [0, 0.1) is 11.8 Å². The van der Waals surface area contributed by atoms with Gasteiger partial charge in [0.25, 0.3) is 0 Å². The van der Waals surface area contributed by atoms with Crippen LogP contribution in [0.25, 0.3) is 22.7 Å². The lowest BCUT2D eigenvalue weighted by Crippen LogP contribution is -3.13. The number of piperidine rings is 1. The van der Waals surface area contributed by atoms with E-state index in [9.17, 15) is 9.90 Å². The van der Waals surface area contributed by atoms with Gasteiger partial charge in [-0.1, -0.05) is 18.2 Å². The minimum absolute atomic E-state index is 0.0336. The topological polar surface area (TPSA) is 69.6 Å². The van der Waals surface area contributed by atoms with Crippen molar-refractivity contribution in [2.45, 2.75) is 19.4 Å². The van der Waals surface area contributed by atoms with Gasteiger partial charge in [-0.15, -0.1) is 0 Å². The molecule has 5 heteroatoms. The summed E-state index contributed by atoms with van der Waals surface area (Å²) in [6.45, 7) is 3.86. The van der Waals surface area contributed by atoms with Crippen molar-refractivity contribution in [2.75, 3.05) is 13.1 Å². The van der Waals surface area contributed by atoms with Gasteiger partial charge in [0, 0.05) is 34.0 Å². The van der Waals surface area contributed by atoms with E-state index in [1.165, 1.54) is 27.5 Å². The minimum atomic E-state index is -1.11. The van der Waals surface area contributed by atoms with Crippen LogP contribution in [-0.4, -0.2) is 30.1 Å². The van der Waals surface area contributed by atoms with Gasteiger partial charge in [0.2, 0.25) is 0 Å². The van der Waals surface area contributed by atoms with Crippen molar-refractivity contribution < 1.29 is 19.5 Å². The highest BCUT2D eigenvalue weighted by atomic mass is 16.5. The lowest BCUT2D eigenvalue weighted by molar-refractivity contribution is -0.830. The number of benzene rings is 1. The van der Waals surface area contributed by atoms with Crippen molar-refractivity contribution in [3.8, 4) is 0 Å². The van der Waals surface area contributed by atoms with Crippen LogP contribution in [0.15, 0.2) is 36.1 Å². The summed E-state index contributed by atoms with van der Waals surface area (Å²) in [5, 5.41) is 15.2. The molecule has 0 saturated carbocycles. The second-order valence-electron chi connectivity index (χ2n) is 7.33. The molecule has 4 heterocycles. The zero-order valence-corrected chi connectivity index (χ0v) is 14.0. The van der Waals surface area contributed by atoms with Crippen molar-refractivity contribution in [1.29, 1.82) is 0 Å². The van der Waals surface area contributed by atoms with E-state index in [1.54, 1.807) is 0 Å². The molecular weight excluding hydrogens is 316 g/mol. The van der Waals surface area contributed by atoms with Crippen LogP contribution in [0.1, 0.15) is 13.3 Å². The van der Waals surface area contributed by atoms with Gasteiger partial charge in [-0.25, -0.2) is 0 Å². The van der Waals surface area contributed by atoms with Crippen molar-refractivity contribution in [3.05, 3.63) is 46.7 Å². The first-order valence-corrected chi connectivity index (χ1v) is 8.85. The number of nitrogens with one attached hydrogen (secondary N) is 2. The van der Waals surface area contributed by atoms with E-state index in [1.807, 2.05) is 13.0 Å². The molecule has 0 aliphatic carbocycles. The van der Waals surface area contributed by atoms with Crippen LogP contribution in [0.2, 0.25) is 0 Å². The SMILES string of the molecule is C[C@@H]1OC=C(C(=O)[O-])[C@H]2CC3=c4[nH]c5ccccc5c4=CC[NH+]3C[C@H]12. The van der Waals surface area contributed by atoms with E-state index in [0.29, 0.717) is 5.57 Å². The van der Waals surface area contributed by atoms with Gasteiger partial charge in [0.05, 0.1) is 24.7 Å². The minimum Gasteiger partial charge on any atom is -0.545 e. The Kier molecular flexibility index (Phi) is 3.09. The number of hydrogen-bond acceptors (Lipinski definition) is 3. The zero-order chi connectivity index (χ0) is 17.1. The Labute approximate surface area is 144 Å². The number of quaternary nitrogens is 1. The maximum atomic E-state index is 11.6. The van der Waals surface area contributed by atoms with Gasteiger partial charge in [-0.2, -0.15) is 0 Å². The first kappa shape index (κ1) is 14.8. The van der Waals surface area contributed by atoms with Gasteiger partial charge < -0.3 is 24.5 Å². The van der Waals surface area contributed by atoms with Gasteiger partial charge in [-0.3, -0.25) is 0 Å². The first-order valence-electron chi connectivity index (χ1n) is 8.85. The first-order chi connectivity index (χ1) is 12.1. The predicted molar refractivity (Wildman–Crippen MR) is 91.4 cm³/mol. The molecule has 1 aromatic heterocycles. The fraction of sp³-hybridized carbons (Fsp3) is 0.350. The predicted octanol–water partition coefficient (Wildman–Crippen LogP) is -1.36. The third-order valence-corrected chi connectivity index (χ3v) is 6.10. The number of hydrogen-bond donors (Lipinski definition) is 2. The van der Waals surface area contributed by atoms with Crippen LogP contribution >= 0.6 is 0 Å². The molecule has 5 nitrogen and oxygen atoms in total. The van der Waals surface area contributed by atoms with Crippen LogP contribution in [-0.2, 0) is 9.53 Å². The Morgan fingerprint density at radius 1 is 1.36 bits per heavy atom. The highest BCUT2D eigenvalue weighted by Crippen LogP contribution is 2.35. The molecule has 25 heavy (non-hydrogen) atoms. The van der Waals surface area contributed by atoms with E-state index in [-0.39, 0.29) is 17.9 Å². The van der Waals surface area contributed by atoms with E-state index in [0.717, 1.165) is 30.4 Å². The molecule has 2 aromatic rings. The number of fused-ring (bicyclic) bond motifs is 5. The second-order valence-corrected chi connectivity index (χ2v) is 7.33.